The van der Waals surface area contributed by atoms with E-state index in [-0.39, 0.29) is 11.9 Å². The lowest BCUT2D eigenvalue weighted by Crippen LogP contribution is -2.31. The van der Waals surface area contributed by atoms with Crippen molar-refractivity contribution in [2.45, 2.75) is 31.1 Å². The quantitative estimate of drug-likeness (QED) is 0.839. The van der Waals surface area contributed by atoms with Crippen LogP contribution in [0.25, 0.3) is 0 Å². The molecule has 126 valence electrons. The lowest BCUT2D eigenvalue weighted by Gasteiger charge is -2.26. The predicted octanol–water partition coefficient (Wildman–Crippen LogP) is 2.95. The molecule has 2 aromatic rings. The Morgan fingerprint density at radius 1 is 1.29 bits per heavy atom. The maximum atomic E-state index is 12.6. The van der Waals surface area contributed by atoms with Crippen molar-refractivity contribution in [2.75, 3.05) is 12.0 Å². The van der Waals surface area contributed by atoms with Gasteiger partial charge in [-0.3, -0.25) is 9.00 Å². The number of carbonyl (C=O) groups is 1. The first-order valence-electron chi connectivity index (χ1n) is 8.11. The Hall–Kier alpha value is -2.14. The highest BCUT2D eigenvalue weighted by atomic mass is 32.2. The van der Waals surface area contributed by atoms with Crippen molar-refractivity contribution < 1.29 is 9.00 Å². The minimum absolute atomic E-state index is 0.0193. The van der Waals surface area contributed by atoms with Crippen LogP contribution in [0.1, 0.15) is 45.9 Å². The summed E-state index contributed by atoms with van der Waals surface area (Å²) < 4.78 is 11.4. The van der Waals surface area contributed by atoms with Crippen molar-refractivity contribution in [1.29, 1.82) is 0 Å². The molecule has 3 N–H and O–H groups in total. The number of aryl methyl sites for hydroxylation is 1. The molecule has 0 aromatic heterocycles. The van der Waals surface area contributed by atoms with E-state index in [9.17, 15) is 9.00 Å². The van der Waals surface area contributed by atoms with E-state index >= 15 is 0 Å². The second-order valence-corrected chi connectivity index (χ2v) is 7.73. The van der Waals surface area contributed by atoms with Crippen LogP contribution in [0.4, 0.5) is 5.69 Å². The van der Waals surface area contributed by atoms with Crippen molar-refractivity contribution in [1.82, 2.24) is 5.32 Å². The van der Waals surface area contributed by atoms with Gasteiger partial charge < -0.3 is 11.1 Å². The van der Waals surface area contributed by atoms with Crippen LogP contribution in [-0.2, 0) is 23.0 Å². The first kappa shape index (κ1) is 16.7. The second kappa shape index (κ2) is 7.18. The molecule has 0 fully saturated rings. The van der Waals surface area contributed by atoms with Crippen LogP contribution in [0, 0.1) is 0 Å². The molecule has 5 heteroatoms. The standard InChI is InChI=1S/C19H22N2O2S/c1-24(23)12-13-4-2-6-15(10-13)19(22)21-18-7-3-5-14-11-16(20)8-9-17(14)18/h2,4,6,8-11,18H,3,5,7,12,20H2,1H3,(H,21,22). The van der Waals surface area contributed by atoms with E-state index in [1.54, 1.807) is 12.3 Å². The van der Waals surface area contributed by atoms with Crippen LogP contribution in [0.5, 0.6) is 0 Å². The highest BCUT2D eigenvalue weighted by Crippen LogP contribution is 2.31. The maximum Gasteiger partial charge on any atom is 0.251 e. The number of hydrogen-bond donors (Lipinski definition) is 2. The molecule has 0 spiro atoms. The van der Waals surface area contributed by atoms with Crippen molar-refractivity contribution >= 4 is 22.4 Å². The first-order valence-corrected chi connectivity index (χ1v) is 9.84. The number of rotatable bonds is 4. The van der Waals surface area contributed by atoms with E-state index in [4.69, 9.17) is 5.73 Å². The summed E-state index contributed by atoms with van der Waals surface area (Å²) >= 11 is 0. The normalized spacial score (nSPS) is 17.8. The zero-order valence-electron chi connectivity index (χ0n) is 13.7. The van der Waals surface area contributed by atoms with E-state index in [1.165, 1.54) is 5.56 Å². The molecular formula is C19H22N2O2S. The average molecular weight is 342 g/mol. The number of amides is 1. The van der Waals surface area contributed by atoms with Crippen LogP contribution in [0.3, 0.4) is 0 Å². The Balaban J connectivity index is 1.78. The van der Waals surface area contributed by atoms with E-state index < -0.39 is 10.8 Å². The third kappa shape index (κ3) is 3.85. The Morgan fingerprint density at radius 2 is 2.12 bits per heavy atom. The molecule has 0 saturated carbocycles. The molecule has 2 atom stereocenters. The van der Waals surface area contributed by atoms with E-state index in [0.29, 0.717) is 11.3 Å². The first-order chi connectivity index (χ1) is 11.5. The molecule has 0 saturated heterocycles. The summed E-state index contributed by atoms with van der Waals surface area (Å²) in [5, 5.41) is 3.14. The van der Waals surface area contributed by atoms with Gasteiger partial charge in [0.05, 0.1) is 6.04 Å². The minimum atomic E-state index is -0.920. The minimum Gasteiger partial charge on any atom is -0.399 e. The van der Waals surface area contributed by atoms with Gasteiger partial charge in [0.1, 0.15) is 0 Å². The summed E-state index contributed by atoms with van der Waals surface area (Å²) in [4.78, 5) is 12.6. The fraction of sp³-hybridized carbons (Fsp3) is 0.316. The zero-order valence-corrected chi connectivity index (χ0v) is 14.6. The van der Waals surface area contributed by atoms with Crippen LogP contribution < -0.4 is 11.1 Å². The lowest BCUT2D eigenvalue weighted by molar-refractivity contribution is 0.0932. The Labute approximate surface area is 144 Å². The monoisotopic (exact) mass is 342 g/mol. The molecular weight excluding hydrogens is 320 g/mol. The van der Waals surface area contributed by atoms with Gasteiger partial charge in [0.2, 0.25) is 0 Å². The van der Waals surface area contributed by atoms with Crippen LogP contribution in [-0.4, -0.2) is 16.4 Å². The van der Waals surface area contributed by atoms with Gasteiger partial charge >= 0.3 is 0 Å². The summed E-state index contributed by atoms with van der Waals surface area (Å²) in [5.74, 6) is 0.376. The molecule has 0 heterocycles. The fourth-order valence-electron chi connectivity index (χ4n) is 3.26. The van der Waals surface area contributed by atoms with Gasteiger partial charge in [0.25, 0.3) is 5.91 Å². The van der Waals surface area contributed by atoms with Gasteiger partial charge in [0.15, 0.2) is 0 Å². The molecule has 4 nitrogen and oxygen atoms in total. The zero-order chi connectivity index (χ0) is 17.1. The Kier molecular flexibility index (Phi) is 5.00. The molecule has 0 radical (unpaired) electrons. The van der Waals surface area contributed by atoms with E-state index in [1.807, 2.05) is 36.4 Å². The van der Waals surface area contributed by atoms with Crippen molar-refractivity contribution in [3.05, 3.63) is 64.7 Å². The Bertz CT molecular complexity index is 789. The molecule has 24 heavy (non-hydrogen) atoms. The summed E-state index contributed by atoms with van der Waals surface area (Å²) in [6.07, 6.45) is 4.64. The maximum absolute atomic E-state index is 12.6. The molecule has 1 amide bonds. The van der Waals surface area contributed by atoms with Gasteiger partial charge in [-0.2, -0.15) is 0 Å². The number of nitrogen functional groups attached to an aromatic ring is 1. The average Bonchev–Trinajstić information content (AvgIpc) is 2.54. The van der Waals surface area contributed by atoms with E-state index in [2.05, 4.69) is 5.32 Å². The van der Waals surface area contributed by atoms with Gasteiger partial charge in [0, 0.05) is 34.1 Å². The SMILES string of the molecule is CS(=O)Cc1cccc(C(=O)NC2CCCc3cc(N)ccc32)c1. The number of carbonyl (C=O) groups excluding carboxylic acids is 1. The fourth-order valence-corrected chi connectivity index (χ4v) is 3.91. The number of hydrogen-bond acceptors (Lipinski definition) is 3. The third-order valence-electron chi connectivity index (χ3n) is 4.35. The van der Waals surface area contributed by atoms with Crippen molar-refractivity contribution in [2.24, 2.45) is 0 Å². The van der Waals surface area contributed by atoms with Gasteiger partial charge in [-0.1, -0.05) is 18.2 Å². The molecule has 2 aromatic carbocycles. The molecule has 0 aliphatic heterocycles. The highest BCUT2D eigenvalue weighted by Gasteiger charge is 2.22. The number of nitrogens with one attached hydrogen (secondary N) is 1. The number of benzene rings is 2. The molecule has 1 aliphatic rings. The number of fused-ring (bicyclic) bond motifs is 1. The number of anilines is 1. The van der Waals surface area contributed by atoms with Gasteiger partial charge in [-0.25, -0.2) is 0 Å². The van der Waals surface area contributed by atoms with Crippen LogP contribution in [0.15, 0.2) is 42.5 Å². The molecule has 2 unspecified atom stereocenters. The summed E-state index contributed by atoms with van der Waals surface area (Å²) in [7, 11) is -0.920. The number of nitrogens with two attached hydrogens (primary N) is 1. The third-order valence-corrected chi connectivity index (χ3v) is 5.09. The molecule has 1 aliphatic carbocycles. The van der Waals surface area contributed by atoms with Crippen molar-refractivity contribution in [3.63, 3.8) is 0 Å². The highest BCUT2D eigenvalue weighted by molar-refractivity contribution is 7.83. The lowest BCUT2D eigenvalue weighted by atomic mass is 9.87. The van der Waals surface area contributed by atoms with E-state index in [0.717, 1.165) is 36.1 Å². The second-order valence-electron chi connectivity index (χ2n) is 6.29. The largest absolute Gasteiger partial charge is 0.399 e. The molecule has 0 bridgehead atoms. The predicted molar refractivity (Wildman–Crippen MR) is 98.2 cm³/mol. The van der Waals surface area contributed by atoms with Crippen molar-refractivity contribution in [3.8, 4) is 0 Å². The van der Waals surface area contributed by atoms with Gasteiger partial charge in [-0.15, -0.1) is 0 Å². The smallest absolute Gasteiger partial charge is 0.251 e. The summed E-state index contributed by atoms with van der Waals surface area (Å²) in [5.41, 5.74) is 10.5. The summed E-state index contributed by atoms with van der Waals surface area (Å²) in [6, 6.07) is 13.3. The van der Waals surface area contributed by atoms with Crippen LogP contribution in [0.2, 0.25) is 0 Å². The topological polar surface area (TPSA) is 72.2 Å². The van der Waals surface area contributed by atoms with Crippen LogP contribution >= 0.6 is 0 Å². The Morgan fingerprint density at radius 3 is 2.92 bits per heavy atom. The summed E-state index contributed by atoms with van der Waals surface area (Å²) in [6.45, 7) is 0. The molecule has 3 rings (SSSR count). The van der Waals surface area contributed by atoms with Gasteiger partial charge in [-0.05, 0) is 60.2 Å².